The molecule has 4 heterocycles. The molecule has 1 N–H and O–H groups in total. The Labute approximate surface area is 170 Å². The summed E-state index contributed by atoms with van der Waals surface area (Å²) in [7, 11) is 2.10. The van der Waals surface area contributed by atoms with Gasteiger partial charge in [-0.25, -0.2) is 24.6 Å². The van der Waals surface area contributed by atoms with Crippen LogP contribution in [-0.2, 0) is 5.75 Å². The van der Waals surface area contributed by atoms with Crippen molar-refractivity contribution < 1.29 is 0 Å². The average molecular weight is 408 g/mol. The number of hydrogen-bond acceptors (Lipinski definition) is 8. The van der Waals surface area contributed by atoms with E-state index in [0.717, 1.165) is 42.7 Å². The fourth-order valence-electron chi connectivity index (χ4n) is 3.49. The first-order valence-corrected chi connectivity index (χ1v) is 10.4. The number of nitrogens with one attached hydrogen (secondary N) is 1. The zero-order chi connectivity index (χ0) is 19.8. The molecule has 10 heteroatoms. The van der Waals surface area contributed by atoms with Crippen LogP contribution >= 0.6 is 11.8 Å². The van der Waals surface area contributed by atoms with Gasteiger partial charge in [-0.05, 0) is 19.2 Å². The molecular formula is C19H20N8OS. The molecule has 4 aromatic rings. The second-order valence-electron chi connectivity index (χ2n) is 7.01. The number of aromatic amines is 1. The summed E-state index contributed by atoms with van der Waals surface area (Å²) in [6.07, 6.45) is 3.17. The van der Waals surface area contributed by atoms with Gasteiger partial charge in [-0.2, -0.15) is 0 Å². The van der Waals surface area contributed by atoms with Gasteiger partial charge in [0, 0.05) is 26.2 Å². The van der Waals surface area contributed by atoms with Crippen molar-refractivity contribution in [1.82, 2.24) is 34.5 Å². The lowest BCUT2D eigenvalue weighted by Crippen LogP contribution is -2.54. The van der Waals surface area contributed by atoms with Gasteiger partial charge in [0.05, 0.1) is 22.9 Å². The molecule has 1 saturated heterocycles. The van der Waals surface area contributed by atoms with Crippen molar-refractivity contribution in [2.24, 2.45) is 0 Å². The quantitative estimate of drug-likeness (QED) is 0.504. The Kier molecular flexibility index (Phi) is 4.64. The predicted molar refractivity (Wildman–Crippen MR) is 113 cm³/mol. The third-order valence-corrected chi connectivity index (χ3v) is 5.93. The smallest absolute Gasteiger partial charge is 0.280 e. The van der Waals surface area contributed by atoms with E-state index in [1.165, 1.54) is 18.1 Å². The van der Waals surface area contributed by atoms with Crippen molar-refractivity contribution in [2.45, 2.75) is 10.9 Å². The van der Waals surface area contributed by atoms with Gasteiger partial charge in [-0.3, -0.25) is 4.79 Å². The highest BCUT2D eigenvalue weighted by molar-refractivity contribution is 7.98. The maximum Gasteiger partial charge on any atom is 0.280 e. The highest BCUT2D eigenvalue weighted by atomic mass is 32.2. The van der Waals surface area contributed by atoms with Crippen LogP contribution in [0.15, 0.2) is 46.7 Å². The van der Waals surface area contributed by atoms with Gasteiger partial charge >= 0.3 is 0 Å². The Hall–Kier alpha value is -2.98. The second-order valence-corrected chi connectivity index (χ2v) is 7.97. The Morgan fingerprint density at radius 3 is 2.76 bits per heavy atom. The molecule has 0 spiro atoms. The number of piperazine rings is 1. The Morgan fingerprint density at radius 2 is 1.93 bits per heavy atom. The first kappa shape index (κ1) is 18.1. The van der Waals surface area contributed by atoms with Crippen molar-refractivity contribution in [1.29, 1.82) is 0 Å². The van der Waals surface area contributed by atoms with E-state index in [-0.39, 0.29) is 5.56 Å². The monoisotopic (exact) mass is 408 g/mol. The largest absolute Gasteiger partial charge is 0.317 e. The van der Waals surface area contributed by atoms with Crippen LogP contribution in [0, 0.1) is 0 Å². The summed E-state index contributed by atoms with van der Waals surface area (Å²) in [6, 6.07) is 7.51. The highest BCUT2D eigenvalue weighted by Crippen LogP contribution is 2.22. The molecule has 29 heavy (non-hydrogen) atoms. The number of aromatic nitrogens is 6. The summed E-state index contributed by atoms with van der Waals surface area (Å²) in [5, 5.41) is 3.47. The first-order chi connectivity index (χ1) is 14.2. The number of thioether (sulfide) groups is 1. The minimum atomic E-state index is -0.0220. The normalized spacial score (nSPS) is 15.4. The summed E-state index contributed by atoms with van der Waals surface area (Å²) < 4.78 is 1.75. The molecule has 0 unspecified atom stereocenters. The summed E-state index contributed by atoms with van der Waals surface area (Å²) in [5.41, 5.74) is 2.11. The molecule has 0 atom stereocenters. The van der Waals surface area contributed by atoms with E-state index in [2.05, 4.69) is 36.9 Å². The van der Waals surface area contributed by atoms with Crippen molar-refractivity contribution in [3.8, 4) is 0 Å². The highest BCUT2D eigenvalue weighted by Gasteiger charge is 2.20. The van der Waals surface area contributed by atoms with Gasteiger partial charge in [0.15, 0.2) is 10.8 Å². The number of imidazole rings is 1. The molecule has 1 aliphatic heterocycles. The summed E-state index contributed by atoms with van der Waals surface area (Å²) in [6.45, 7) is 3.39. The lowest BCUT2D eigenvalue weighted by Gasteiger charge is -2.35. The van der Waals surface area contributed by atoms with E-state index < -0.39 is 0 Å². The number of rotatable bonds is 4. The standard InChI is InChI=1S/C19H20N8OS/c1-25-6-8-26(9-7-25)27-16(22-14-5-3-2-4-13(14)18(27)28)11-29-19-23-15-10-20-12-21-17(15)24-19/h2-5,10,12H,6-9,11H2,1H3,(H,20,21,23,24). The Morgan fingerprint density at radius 1 is 1.10 bits per heavy atom. The zero-order valence-electron chi connectivity index (χ0n) is 15.9. The number of H-pyrrole nitrogens is 1. The van der Waals surface area contributed by atoms with Crippen molar-refractivity contribution in [3.05, 3.63) is 53.0 Å². The maximum absolute atomic E-state index is 13.3. The maximum atomic E-state index is 13.3. The summed E-state index contributed by atoms with van der Waals surface area (Å²) in [4.78, 5) is 36.3. The van der Waals surface area contributed by atoms with Crippen LogP contribution in [0.1, 0.15) is 5.82 Å². The fourth-order valence-corrected chi connectivity index (χ4v) is 4.28. The molecule has 0 aliphatic carbocycles. The number of para-hydroxylation sites is 1. The topological polar surface area (TPSA) is 95.8 Å². The number of benzene rings is 1. The molecule has 1 fully saturated rings. The third-order valence-electron chi connectivity index (χ3n) is 5.06. The van der Waals surface area contributed by atoms with Crippen LogP contribution in [0.4, 0.5) is 0 Å². The average Bonchev–Trinajstić information content (AvgIpc) is 3.16. The molecule has 0 saturated carbocycles. The van der Waals surface area contributed by atoms with E-state index in [9.17, 15) is 4.79 Å². The molecule has 0 bridgehead atoms. The second kappa shape index (κ2) is 7.45. The van der Waals surface area contributed by atoms with E-state index >= 15 is 0 Å². The van der Waals surface area contributed by atoms with Crippen LogP contribution in [0.5, 0.6) is 0 Å². The fraction of sp³-hybridized carbons (Fsp3) is 0.316. The Balaban J connectivity index is 1.52. The van der Waals surface area contributed by atoms with Gasteiger partial charge in [0.25, 0.3) is 5.56 Å². The van der Waals surface area contributed by atoms with Gasteiger partial charge in [0.1, 0.15) is 17.7 Å². The van der Waals surface area contributed by atoms with Crippen molar-refractivity contribution >= 4 is 33.8 Å². The van der Waals surface area contributed by atoms with E-state index in [1.54, 1.807) is 10.9 Å². The molecule has 9 nitrogen and oxygen atoms in total. The molecule has 148 valence electrons. The van der Waals surface area contributed by atoms with Crippen LogP contribution in [0.25, 0.3) is 22.1 Å². The zero-order valence-corrected chi connectivity index (χ0v) is 16.8. The lowest BCUT2D eigenvalue weighted by molar-refractivity contribution is 0.284. The van der Waals surface area contributed by atoms with Crippen LogP contribution in [0.2, 0.25) is 0 Å². The van der Waals surface area contributed by atoms with Crippen LogP contribution < -0.4 is 10.6 Å². The lowest BCUT2D eigenvalue weighted by atomic mass is 10.2. The van der Waals surface area contributed by atoms with E-state index in [1.807, 2.05) is 24.3 Å². The molecule has 1 aliphatic rings. The number of hydrogen-bond donors (Lipinski definition) is 1. The van der Waals surface area contributed by atoms with Gasteiger partial charge in [0.2, 0.25) is 0 Å². The Bertz CT molecular complexity index is 1190. The third kappa shape index (κ3) is 3.45. The molecular weight excluding hydrogens is 388 g/mol. The van der Waals surface area contributed by atoms with Crippen LogP contribution in [-0.4, -0.2) is 67.7 Å². The van der Waals surface area contributed by atoms with E-state index in [0.29, 0.717) is 22.3 Å². The summed E-state index contributed by atoms with van der Waals surface area (Å²) >= 11 is 1.50. The SMILES string of the molecule is CN1CCN(n2c(CSc3nc4cncnc4[nH]3)nc3ccccc3c2=O)CC1. The van der Waals surface area contributed by atoms with Crippen molar-refractivity contribution in [3.63, 3.8) is 0 Å². The van der Waals surface area contributed by atoms with Gasteiger partial charge < -0.3 is 14.9 Å². The summed E-state index contributed by atoms with van der Waals surface area (Å²) in [5.74, 6) is 1.23. The number of likely N-dealkylation sites (N-methyl/N-ethyl adjacent to an activating group) is 1. The predicted octanol–water partition coefficient (Wildman–Crippen LogP) is 1.24. The van der Waals surface area contributed by atoms with Gasteiger partial charge in [-0.15, -0.1) is 0 Å². The number of nitrogens with zero attached hydrogens (tertiary/aromatic N) is 7. The van der Waals surface area contributed by atoms with E-state index in [4.69, 9.17) is 4.98 Å². The molecule has 0 radical (unpaired) electrons. The van der Waals surface area contributed by atoms with Crippen LogP contribution in [0.3, 0.4) is 0 Å². The minimum Gasteiger partial charge on any atom is -0.317 e. The molecule has 3 aromatic heterocycles. The first-order valence-electron chi connectivity index (χ1n) is 9.42. The molecule has 1 aromatic carbocycles. The minimum absolute atomic E-state index is 0.0220. The van der Waals surface area contributed by atoms with Crippen molar-refractivity contribution in [2.75, 3.05) is 38.2 Å². The van der Waals surface area contributed by atoms with Gasteiger partial charge in [-0.1, -0.05) is 23.9 Å². The molecule has 0 amide bonds. The molecule has 5 rings (SSSR count). The number of fused-ring (bicyclic) bond motifs is 2.